The van der Waals surface area contributed by atoms with Crippen molar-refractivity contribution in [2.45, 2.75) is 26.6 Å². The number of hydrogen-bond donors (Lipinski definition) is 2. The molecule has 2 aromatic carbocycles. The fraction of sp³-hybridized carbons (Fsp3) is 0.280. The summed E-state index contributed by atoms with van der Waals surface area (Å²) in [6.45, 7) is 4.40. The third-order valence-corrected chi connectivity index (χ3v) is 4.70. The van der Waals surface area contributed by atoms with Gasteiger partial charge in [0.1, 0.15) is 6.61 Å². The van der Waals surface area contributed by atoms with E-state index in [2.05, 4.69) is 20.6 Å². The van der Waals surface area contributed by atoms with Crippen molar-refractivity contribution in [3.05, 3.63) is 83.6 Å². The third-order valence-electron chi connectivity index (χ3n) is 4.70. The lowest BCUT2D eigenvalue weighted by Crippen LogP contribution is -2.36. The largest absolute Gasteiger partial charge is 0.493 e. The van der Waals surface area contributed by atoms with Gasteiger partial charge in [-0.2, -0.15) is 0 Å². The van der Waals surface area contributed by atoms with Gasteiger partial charge in [0.25, 0.3) is 0 Å². The molecule has 33 heavy (non-hydrogen) atoms. The molecule has 7 nitrogen and oxygen atoms in total. The number of aliphatic imine (C=N–C) groups is 1. The van der Waals surface area contributed by atoms with Crippen molar-refractivity contribution < 1.29 is 14.2 Å². The van der Waals surface area contributed by atoms with Gasteiger partial charge in [-0.05, 0) is 41.8 Å². The number of methoxy groups -OCH3 is 2. The zero-order valence-electron chi connectivity index (χ0n) is 19.2. The highest BCUT2D eigenvalue weighted by atomic mass is 127. The molecule has 8 heteroatoms. The van der Waals surface area contributed by atoms with E-state index in [1.54, 1.807) is 20.4 Å². The average Bonchev–Trinajstić information content (AvgIpc) is 2.85. The van der Waals surface area contributed by atoms with Crippen LogP contribution in [0.15, 0.2) is 71.9 Å². The molecular formula is C25H31IN4O3. The quantitative estimate of drug-likeness (QED) is 0.215. The van der Waals surface area contributed by atoms with E-state index in [4.69, 9.17) is 14.2 Å². The van der Waals surface area contributed by atoms with E-state index >= 15 is 0 Å². The van der Waals surface area contributed by atoms with Crippen LogP contribution in [0.1, 0.15) is 23.6 Å². The molecule has 0 saturated carbocycles. The summed E-state index contributed by atoms with van der Waals surface area (Å²) in [6.07, 6.45) is 1.75. The number of guanidine groups is 1. The molecular weight excluding hydrogens is 531 g/mol. The minimum atomic E-state index is 0. The SMILES string of the molecule is CCNC(=NCc1ccc(OC)c(OC)c1)NCc1ccnc(OCc2ccccc2)c1.I. The lowest BCUT2D eigenvalue weighted by Gasteiger charge is -2.13. The highest BCUT2D eigenvalue weighted by Crippen LogP contribution is 2.27. The van der Waals surface area contributed by atoms with Crippen molar-refractivity contribution in [1.82, 2.24) is 15.6 Å². The van der Waals surface area contributed by atoms with E-state index in [0.29, 0.717) is 37.1 Å². The van der Waals surface area contributed by atoms with Crippen LogP contribution >= 0.6 is 24.0 Å². The number of benzene rings is 2. The van der Waals surface area contributed by atoms with Crippen LogP contribution in [-0.2, 0) is 19.7 Å². The zero-order chi connectivity index (χ0) is 22.6. The van der Waals surface area contributed by atoms with Crippen LogP contribution in [0, 0.1) is 0 Å². The molecule has 0 unspecified atom stereocenters. The van der Waals surface area contributed by atoms with Crippen molar-refractivity contribution >= 4 is 29.9 Å². The van der Waals surface area contributed by atoms with Crippen LogP contribution < -0.4 is 24.8 Å². The minimum absolute atomic E-state index is 0. The molecule has 0 radical (unpaired) electrons. The van der Waals surface area contributed by atoms with Gasteiger partial charge in [-0.1, -0.05) is 36.4 Å². The highest BCUT2D eigenvalue weighted by molar-refractivity contribution is 14.0. The van der Waals surface area contributed by atoms with Crippen LogP contribution in [0.25, 0.3) is 0 Å². The number of nitrogens with one attached hydrogen (secondary N) is 2. The maximum absolute atomic E-state index is 5.83. The summed E-state index contributed by atoms with van der Waals surface area (Å²) in [4.78, 5) is 8.99. The second-order valence-corrected chi connectivity index (χ2v) is 7.01. The molecule has 1 heterocycles. The summed E-state index contributed by atoms with van der Waals surface area (Å²) in [6, 6.07) is 19.7. The summed E-state index contributed by atoms with van der Waals surface area (Å²) in [5.41, 5.74) is 3.19. The van der Waals surface area contributed by atoms with Crippen molar-refractivity contribution in [2.24, 2.45) is 4.99 Å². The molecule has 0 saturated heterocycles. The van der Waals surface area contributed by atoms with Gasteiger partial charge in [0.15, 0.2) is 17.5 Å². The molecule has 0 spiro atoms. The number of ether oxygens (including phenoxy) is 3. The lowest BCUT2D eigenvalue weighted by atomic mass is 10.2. The van der Waals surface area contributed by atoms with Crippen LogP contribution in [0.2, 0.25) is 0 Å². The highest BCUT2D eigenvalue weighted by Gasteiger charge is 2.05. The van der Waals surface area contributed by atoms with Crippen LogP contribution in [0.4, 0.5) is 0 Å². The standard InChI is InChI=1S/C25H30N4O3.HI/c1-4-26-25(28-16-20-10-11-22(30-2)23(14-20)31-3)29-17-21-12-13-27-24(15-21)32-18-19-8-6-5-7-9-19;/h5-15H,4,16-18H2,1-3H3,(H2,26,28,29);1H. The third kappa shape index (κ3) is 8.45. The van der Waals surface area contributed by atoms with Crippen molar-refractivity contribution in [3.8, 4) is 17.4 Å². The topological polar surface area (TPSA) is 77.0 Å². The Morgan fingerprint density at radius 2 is 1.67 bits per heavy atom. The van der Waals surface area contributed by atoms with Crippen LogP contribution in [0.3, 0.4) is 0 Å². The van der Waals surface area contributed by atoms with E-state index in [1.165, 1.54) is 0 Å². The van der Waals surface area contributed by atoms with Gasteiger partial charge < -0.3 is 24.8 Å². The summed E-state index contributed by atoms with van der Waals surface area (Å²) in [7, 11) is 3.25. The van der Waals surface area contributed by atoms with Crippen LogP contribution in [0.5, 0.6) is 17.4 Å². The number of rotatable bonds is 10. The summed E-state index contributed by atoms with van der Waals surface area (Å²) in [5, 5.41) is 6.63. The maximum atomic E-state index is 5.83. The first-order valence-electron chi connectivity index (χ1n) is 10.6. The Balaban J connectivity index is 0.00000385. The smallest absolute Gasteiger partial charge is 0.213 e. The predicted octanol–water partition coefficient (Wildman–Crippen LogP) is 4.55. The molecule has 0 aliphatic rings. The zero-order valence-corrected chi connectivity index (χ0v) is 21.5. The van der Waals surface area contributed by atoms with E-state index in [9.17, 15) is 0 Å². The molecule has 3 aromatic rings. The Morgan fingerprint density at radius 1 is 0.879 bits per heavy atom. The lowest BCUT2D eigenvalue weighted by molar-refractivity contribution is 0.293. The van der Waals surface area contributed by atoms with Gasteiger partial charge in [-0.15, -0.1) is 24.0 Å². The minimum Gasteiger partial charge on any atom is -0.493 e. The molecule has 2 N–H and O–H groups in total. The van der Waals surface area contributed by atoms with Gasteiger partial charge in [-0.3, -0.25) is 0 Å². The fourth-order valence-electron chi connectivity index (χ4n) is 3.05. The van der Waals surface area contributed by atoms with Gasteiger partial charge in [-0.25, -0.2) is 9.98 Å². The van der Waals surface area contributed by atoms with Crippen LogP contribution in [-0.4, -0.2) is 31.7 Å². The molecule has 0 fully saturated rings. The first-order valence-corrected chi connectivity index (χ1v) is 10.6. The normalized spacial score (nSPS) is 10.7. The molecule has 0 aliphatic carbocycles. The molecule has 0 aliphatic heterocycles. The Kier molecular flexibility index (Phi) is 11.3. The molecule has 3 rings (SSSR count). The Morgan fingerprint density at radius 3 is 2.39 bits per heavy atom. The fourth-order valence-corrected chi connectivity index (χ4v) is 3.05. The Labute approximate surface area is 212 Å². The van der Waals surface area contributed by atoms with Crippen molar-refractivity contribution in [3.63, 3.8) is 0 Å². The van der Waals surface area contributed by atoms with Gasteiger partial charge in [0.05, 0.1) is 20.8 Å². The Bertz CT molecular complexity index is 1020. The number of nitrogens with zero attached hydrogens (tertiary/aromatic N) is 2. The second kappa shape index (κ2) is 14.2. The van der Waals surface area contributed by atoms with E-state index in [1.807, 2.05) is 67.6 Å². The average molecular weight is 562 g/mol. The van der Waals surface area contributed by atoms with E-state index < -0.39 is 0 Å². The predicted molar refractivity (Wildman–Crippen MR) is 142 cm³/mol. The number of pyridine rings is 1. The first-order chi connectivity index (χ1) is 15.7. The monoisotopic (exact) mass is 562 g/mol. The van der Waals surface area contributed by atoms with Gasteiger partial charge in [0.2, 0.25) is 5.88 Å². The Hall–Kier alpha value is -3.01. The summed E-state index contributed by atoms with van der Waals surface area (Å²) >= 11 is 0. The molecule has 176 valence electrons. The summed E-state index contributed by atoms with van der Waals surface area (Å²) in [5.74, 6) is 2.72. The maximum Gasteiger partial charge on any atom is 0.213 e. The first kappa shape index (κ1) is 26.2. The second-order valence-electron chi connectivity index (χ2n) is 7.01. The van der Waals surface area contributed by atoms with E-state index in [-0.39, 0.29) is 24.0 Å². The molecule has 0 bridgehead atoms. The summed E-state index contributed by atoms with van der Waals surface area (Å²) < 4.78 is 16.5. The molecule has 1 aromatic heterocycles. The van der Waals surface area contributed by atoms with Gasteiger partial charge >= 0.3 is 0 Å². The van der Waals surface area contributed by atoms with Gasteiger partial charge in [0, 0.05) is 25.4 Å². The van der Waals surface area contributed by atoms with Crippen molar-refractivity contribution in [2.75, 3.05) is 20.8 Å². The number of halogens is 1. The molecule has 0 amide bonds. The molecule has 0 atom stereocenters. The van der Waals surface area contributed by atoms with Crippen molar-refractivity contribution in [1.29, 1.82) is 0 Å². The number of hydrogen-bond acceptors (Lipinski definition) is 5. The van der Waals surface area contributed by atoms with E-state index in [0.717, 1.165) is 29.2 Å². The number of aromatic nitrogens is 1.